The SMILES string of the molecule is Cc1cc(O)cc2c1N(C)c1cc(O)ccc1N2. The van der Waals surface area contributed by atoms with Gasteiger partial charge in [0.1, 0.15) is 11.5 Å². The quantitative estimate of drug-likeness (QED) is 0.621. The fraction of sp³-hybridized carbons (Fsp3) is 0.143. The zero-order valence-electron chi connectivity index (χ0n) is 10.2. The van der Waals surface area contributed by atoms with Crippen LogP contribution in [0.25, 0.3) is 0 Å². The molecule has 0 saturated heterocycles. The van der Waals surface area contributed by atoms with Crippen molar-refractivity contribution in [2.75, 3.05) is 17.3 Å². The van der Waals surface area contributed by atoms with Crippen molar-refractivity contribution in [1.29, 1.82) is 0 Å². The number of nitrogens with zero attached hydrogens (tertiary/aromatic N) is 1. The van der Waals surface area contributed by atoms with Gasteiger partial charge in [-0.05, 0) is 30.7 Å². The van der Waals surface area contributed by atoms with Crippen LogP contribution in [0.3, 0.4) is 0 Å². The van der Waals surface area contributed by atoms with E-state index in [0.29, 0.717) is 0 Å². The molecule has 1 aliphatic rings. The molecule has 0 aliphatic carbocycles. The van der Waals surface area contributed by atoms with Gasteiger partial charge in [-0.1, -0.05) is 0 Å². The maximum absolute atomic E-state index is 9.65. The van der Waals surface area contributed by atoms with Crippen LogP contribution in [0, 0.1) is 6.92 Å². The summed E-state index contributed by atoms with van der Waals surface area (Å²) in [6, 6.07) is 8.61. The second-order valence-corrected chi connectivity index (χ2v) is 4.54. The van der Waals surface area contributed by atoms with E-state index in [9.17, 15) is 10.2 Å². The van der Waals surface area contributed by atoms with E-state index >= 15 is 0 Å². The number of benzene rings is 2. The highest BCUT2D eigenvalue weighted by atomic mass is 16.3. The maximum atomic E-state index is 9.65. The highest BCUT2D eigenvalue weighted by molar-refractivity contribution is 5.93. The van der Waals surface area contributed by atoms with Crippen LogP contribution in [0.4, 0.5) is 22.7 Å². The standard InChI is InChI=1S/C14H14N2O2/c1-8-5-10(18)6-12-14(8)16(2)13-7-9(17)3-4-11(13)15-12/h3-7,15,17-18H,1-2H3. The highest BCUT2D eigenvalue weighted by Crippen LogP contribution is 2.46. The first kappa shape index (κ1) is 10.8. The van der Waals surface area contributed by atoms with Crippen LogP contribution in [0.1, 0.15) is 5.56 Å². The topological polar surface area (TPSA) is 55.7 Å². The van der Waals surface area contributed by atoms with E-state index in [2.05, 4.69) is 5.32 Å². The van der Waals surface area contributed by atoms with Crippen molar-refractivity contribution >= 4 is 22.7 Å². The summed E-state index contributed by atoms with van der Waals surface area (Å²) in [4.78, 5) is 2.01. The Morgan fingerprint density at radius 1 is 1.00 bits per heavy atom. The molecule has 3 rings (SSSR count). The Morgan fingerprint density at radius 2 is 1.78 bits per heavy atom. The van der Waals surface area contributed by atoms with E-state index in [4.69, 9.17) is 0 Å². The minimum Gasteiger partial charge on any atom is -0.508 e. The molecule has 0 bridgehead atoms. The Balaban J connectivity index is 2.22. The first-order chi connectivity index (χ1) is 8.56. The van der Waals surface area contributed by atoms with Gasteiger partial charge in [0.2, 0.25) is 0 Å². The van der Waals surface area contributed by atoms with E-state index in [-0.39, 0.29) is 11.5 Å². The molecule has 92 valence electrons. The lowest BCUT2D eigenvalue weighted by atomic mass is 10.1. The average Bonchev–Trinajstić information content (AvgIpc) is 2.29. The van der Waals surface area contributed by atoms with Crippen molar-refractivity contribution in [3.05, 3.63) is 35.9 Å². The van der Waals surface area contributed by atoms with Crippen LogP contribution in [-0.4, -0.2) is 17.3 Å². The van der Waals surface area contributed by atoms with Gasteiger partial charge < -0.3 is 20.4 Å². The minimum absolute atomic E-state index is 0.238. The molecule has 0 fully saturated rings. The van der Waals surface area contributed by atoms with Crippen LogP contribution < -0.4 is 10.2 Å². The van der Waals surface area contributed by atoms with E-state index in [0.717, 1.165) is 28.3 Å². The molecule has 0 aromatic heterocycles. The van der Waals surface area contributed by atoms with Gasteiger partial charge in [0, 0.05) is 19.2 Å². The van der Waals surface area contributed by atoms with Gasteiger partial charge in [-0.2, -0.15) is 0 Å². The molecular formula is C14H14N2O2. The summed E-state index contributed by atoms with van der Waals surface area (Å²) in [5.41, 5.74) is 4.68. The van der Waals surface area contributed by atoms with E-state index < -0.39 is 0 Å². The first-order valence-corrected chi connectivity index (χ1v) is 5.73. The smallest absolute Gasteiger partial charge is 0.118 e. The number of hydrogen-bond acceptors (Lipinski definition) is 4. The molecule has 0 amide bonds. The predicted molar refractivity (Wildman–Crippen MR) is 72.3 cm³/mol. The summed E-state index contributed by atoms with van der Waals surface area (Å²) in [5.74, 6) is 0.483. The van der Waals surface area contributed by atoms with Crippen molar-refractivity contribution < 1.29 is 10.2 Å². The Hall–Kier alpha value is -2.36. The molecule has 1 heterocycles. The Kier molecular flexibility index (Phi) is 2.13. The number of hydrogen-bond donors (Lipinski definition) is 3. The number of aromatic hydroxyl groups is 2. The van der Waals surface area contributed by atoms with Gasteiger partial charge in [-0.15, -0.1) is 0 Å². The fourth-order valence-corrected chi connectivity index (χ4v) is 2.47. The number of phenols is 2. The first-order valence-electron chi connectivity index (χ1n) is 5.73. The highest BCUT2D eigenvalue weighted by Gasteiger charge is 2.22. The lowest BCUT2D eigenvalue weighted by Gasteiger charge is -2.32. The van der Waals surface area contributed by atoms with E-state index in [1.165, 1.54) is 0 Å². The van der Waals surface area contributed by atoms with Crippen LogP contribution in [0.2, 0.25) is 0 Å². The third-order valence-corrected chi connectivity index (χ3v) is 3.23. The predicted octanol–water partition coefficient (Wildman–Crippen LogP) is 3.23. The molecule has 0 unspecified atom stereocenters. The number of fused-ring (bicyclic) bond motifs is 2. The summed E-state index contributed by atoms with van der Waals surface area (Å²) in [6.45, 7) is 1.95. The van der Waals surface area contributed by atoms with Crippen molar-refractivity contribution in [2.24, 2.45) is 0 Å². The minimum atomic E-state index is 0.238. The zero-order chi connectivity index (χ0) is 12.9. The summed E-state index contributed by atoms with van der Waals surface area (Å²) in [6.07, 6.45) is 0. The van der Waals surface area contributed by atoms with Gasteiger partial charge in [-0.25, -0.2) is 0 Å². The fourth-order valence-electron chi connectivity index (χ4n) is 2.47. The molecule has 0 radical (unpaired) electrons. The molecule has 1 aliphatic heterocycles. The molecule has 0 saturated carbocycles. The normalized spacial score (nSPS) is 12.7. The molecule has 3 N–H and O–H groups in total. The third-order valence-electron chi connectivity index (χ3n) is 3.23. The van der Waals surface area contributed by atoms with Gasteiger partial charge in [0.05, 0.1) is 22.7 Å². The van der Waals surface area contributed by atoms with Gasteiger partial charge >= 0.3 is 0 Å². The van der Waals surface area contributed by atoms with Crippen LogP contribution >= 0.6 is 0 Å². The number of rotatable bonds is 0. The van der Waals surface area contributed by atoms with Crippen LogP contribution in [-0.2, 0) is 0 Å². The summed E-state index contributed by atoms with van der Waals surface area (Å²) in [7, 11) is 1.95. The van der Waals surface area contributed by atoms with E-state index in [1.54, 1.807) is 24.3 Å². The zero-order valence-corrected chi connectivity index (χ0v) is 10.2. The molecule has 2 aromatic rings. The second kappa shape index (κ2) is 3.57. The Morgan fingerprint density at radius 3 is 2.56 bits per heavy atom. The number of nitrogens with one attached hydrogen (secondary N) is 1. The molecule has 0 spiro atoms. The van der Waals surface area contributed by atoms with Crippen LogP contribution in [0.5, 0.6) is 11.5 Å². The molecule has 0 atom stereocenters. The van der Waals surface area contributed by atoms with Crippen molar-refractivity contribution in [1.82, 2.24) is 0 Å². The average molecular weight is 242 g/mol. The second-order valence-electron chi connectivity index (χ2n) is 4.54. The summed E-state index contributed by atoms with van der Waals surface area (Å²) < 4.78 is 0. The Bertz CT molecular complexity index is 638. The maximum Gasteiger partial charge on any atom is 0.118 e. The number of phenolic OH excluding ortho intramolecular Hbond substituents is 2. The van der Waals surface area contributed by atoms with Crippen molar-refractivity contribution in [3.8, 4) is 11.5 Å². The number of aryl methyl sites for hydroxylation is 1. The lowest BCUT2D eigenvalue weighted by Crippen LogP contribution is -2.18. The van der Waals surface area contributed by atoms with Gasteiger partial charge in [0.25, 0.3) is 0 Å². The van der Waals surface area contributed by atoms with Gasteiger partial charge in [-0.3, -0.25) is 0 Å². The lowest BCUT2D eigenvalue weighted by molar-refractivity contribution is 0.474. The molecule has 2 aromatic carbocycles. The monoisotopic (exact) mass is 242 g/mol. The molecular weight excluding hydrogens is 228 g/mol. The van der Waals surface area contributed by atoms with Crippen LogP contribution in [0.15, 0.2) is 30.3 Å². The largest absolute Gasteiger partial charge is 0.508 e. The number of anilines is 4. The third kappa shape index (κ3) is 1.46. The summed E-state index contributed by atoms with van der Waals surface area (Å²) in [5, 5.41) is 22.5. The molecule has 4 nitrogen and oxygen atoms in total. The van der Waals surface area contributed by atoms with Gasteiger partial charge in [0.15, 0.2) is 0 Å². The van der Waals surface area contributed by atoms with Crippen molar-refractivity contribution in [3.63, 3.8) is 0 Å². The molecule has 18 heavy (non-hydrogen) atoms. The molecule has 4 heteroatoms. The van der Waals surface area contributed by atoms with Crippen molar-refractivity contribution in [2.45, 2.75) is 6.92 Å². The summed E-state index contributed by atoms with van der Waals surface area (Å²) >= 11 is 0. The Labute approximate surface area is 105 Å². The van der Waals surface area contributed by atoms with E-state index in [1.807, 2.05) is 24.9 Å².